The Labute approximate surface area is 129 Å². The van der Waals surface area contributed by atoms with Crippen LogP contribution in [-0.2, 0) is 25.8 Å². The van der Waals surface area contributed by atoms with E-state index in [1.807, 2.05) is 23.5 Å². The molecule has 0 radical (unpaired) electrons. The van der Waals surface area contributed by atoms with E-state index in [1.165, 1.54) is 48.1 Å². The fraction of sp³-hybridized carbons (Fsp3) is 0.444. The van der Waals surface area contributed by atoms with Crippen LogP contribution in [0.1, 0.15) is 51.7 Å². The first kappa shape index (κ1) is 13.4. The molecule has 0 amide bonds. The molecule has 1 heterocycles. The lowest BCUT2D eigenvalue weighted by atomic mass is 9.87. The van der Waals surface area contributed by atoms with E-state index in [2.05, 4.69) is 17.4 Å². The number of nitrogens with one attached hydrogen (secondary N) is 1. The number of hydrogen-bond acceptors (Lipinski definition) is 3. The van der Waals surface area contributed by atoms with E-state index in [4.69, 9.17) is 0 Å². The zero-order chi connectivity index (χ0) is 14.2. The number of hydrogen-bond donors (Lipinski definition) is 2. The highest BCUT2D eigenvalue weighted by Gasteiger charge is 2.21. The van der Waals surface area contributed by atoms with E-state index in [1.54, 1.807) is 10.4 Å². The highest BCUT2D eigenvalue weighted by Crippen LogP contribution is 2.34. The standard InChI is InChI=1S/C18H21NOS/c20-14-7-8-16-12(9-14)3-1-5-17(16)19-11-15-10-13-4-2-6-18(13)21-15/h7-10,17,19-20H,1-6,11H2. The number of aromatic hydroxyl groups is 1. The second kappa shape index (κ2) is 5.47. The SMILES string of the molecule is Oc1ccc2c(c1)CCCC2NCc1cc2c(s1)CCC2. The van der Waals surface area contributed by atoms with Crippen LogP contribution in [0.15, 0.2) is 24.3 Å². The van der Waals surface area contributed by atoms with Gasteiger partial charge in [0.05, 0.1) is 0 Å². The van der Waals surface area contributed by atoms with Crippen LogP contribution in [0.2, 0.25) is 0 Å². The van der Waals surface area contributed by atoms with Gasteiger partial charge in [-0.25, -0.2) is 0 Å². The van der Waals surface area contributed by atoms with E-state index in [9.17, 15) is 5.11 Å². The van der Waals surface area contributed by atoms with Gasteiger partial charge in [0.1, 0.15) is 5.75 Å². The number of phenols is 1. The Morgan fingerprint density at radius 2 is 2.00 bits per heavy atom. The molecule has 0 fully saturated rings. The van der Waals surface area contributed by atoms with E-state index in [0.29, 0.717) is 11.8 Å². The second-order valence-electron chi connectivity index (χ2n) is 6.22. The van der Waals surface area contributed by atoms with Crippen LogP contribution < -0.4 is 5.32 Å². The largest absolute Gasteiger partial charge is 0.508 e. The third-order valence-corrected chi connectivity index (χ3v) is 6.00. The van der Waals surface area contributed by atoms with E-state index in [0.717, 1.165) is 13.0 Å². The number of phenolic OH excluding ortho intramolecular Hbond substituents is 1. The van der Waals surface area contributed by atoms with Gasteiger partial charge in [0.2, 0.25) is 0 Å². The minimum absolute atomic E-state index is 0.393. The van der Waals surface area contributed by atoms with Crippen molar-refractivity contribution in [3.05, 3.63) is 50.7 Å². The van der Waals surface area contributed by atoms with Crippen LogP contribution >= 0.6 is 11.3 Å². The first-order valence-electron chi connectivity index (χ1n) is 7.95. The molecule has 1 atom stereocenters. The van der Waals surface area contributed by atoms with Crippen molar-refractivity contribution in [1.29, 1.82) is 0 Å². The van der Waals surface area contributed by atoms with Gasteiger partial charge in [-0.05, 0) is 73.4 Å². The first-order chi connectivity index (χ1) is 10.3. The topological polar surface area (TPSA) is 32.3 Å². The van der Waals surface area contributed by atoms with Gasteiger partial charge in [0.15, 0.2) is 0 Å². The minimum atomic E-state index is 0.393. The minimum Gasteiger partial charge on any atom is -0.508 e. The normalized spacial score (nSPS) is 20.3. The van der Waals surface area contributed by atoms with Crippen molar-refractivity contribution >= 4 is 11.3 Å². The molecular weight excluding hydrogens is 278 g/mol. The average Bonchev–Trinajstić information content (AvgIpc) is 3.05. The van der Waals surface area contributed by atoms with Crippen molar-refractivity contribution in [2.45, 2.75) is 51.1 Å². The first-order valence-corrected chi connectivity index (χ1v) is 8.77. The van der Waals surface area contributed by atoms with Crippen molar-refractivity contribution in [1.82, 2.24) is 5.32 Å². The third kappa shape index (κ3) is 2.60. The van der Waals surface area contributed by atoms with Gasteiger partial charge in [-0.3, -0.25) is 0 Å². The van der Waals surface area contributed by atoms with Crippen LogP contribution in [-0.4, -0.2) is 5.11 Å². The van der Waals surface area contributed by atoms with Gasteiger partial charge in [0, 0.05) is 22.3 Å². The summed E-state index contributed by atoms with van der Waals surface area (Å²) in [4.78, 5) is 3.09. The van der Waals surface area contributed by atoms with Gasteiger partial charge in [-0.1, -0.05) is 6.07 Å². The fourth-order valence-corrected chi connectivity index (χ4v) is 4.93. The number of fused-ring (bicyclic) bond motifs is 2. The summed E-state index contributed by atoms with van der Waals surface area (Å²) in [5.74, 6) is 0.393. The zero-order valence-electron chi connectivity index (χ0n) is 12.2. The monoisotopic (exact) mass is 299 g/mol. The highest BCUT2D eigenvalue weighted by molar-refractivity contribution is 7.12. The fourth-order valence-electron chi connectivity index (χ4n) is 3.71. The Hall–Kier alpha value is -1.32. The number of benzene rings is 1. The molecule has 0 saturated heterocycles. The Bertz CT molecular complexity index is 640. The zero-order valence-corrected chi connectivity index (χ0v) is 13.0. The van der Waals surface area contributed by atoms with Gasteiger partial charge < -0.3 is 10.4 Å². The number of rotatable bonds is 3. The molecule has 0 bridgehead atoms. The van der Waals surface area contributed by atoms with Crippen LogP contribution in [0.25, 0.3) is 0 Å². The van der Waals surface area contributed by atoms with Crippen molar-refractivity contribution in [3.63, 3.8) is 0 Å². The summed E-state index contributed by atoms with van der Waals surface area (Å²) in [5.41, 5.74) is 4.28. The van der Waals surface area contributed by atoms with Crippen molar-refractivity contribution in [3.8, 4) is 5.75 Å². The quantitative estimate of drug-likeness (QED) is 0.894. The van der Waals surface area contributed by atoms with E-state index >= 15 is 0 Å². The van der Waals surface area contributed by atoms with E-state index < -0.39 is 0 Å². The lowest BCUT2D eigenvalue weighted by molar-refractivity contribution is 0.450. The van der Waals surface area contributed by atoms with Crippen LogP contribution in [0.4, 0.5) is 0 Å². The molecule has 4 rings (SSSR count). The van der Waals surface area contributed by atoms with E-state index in [-0.39, 0.29) is 0 Å². The Morgan fingerprint density at radius 3 is 2.90 bits per heavy atom. The number of aryl methyl sites for hydroxylation is 3. The molecular formula is C18H21NOS. The Kier molecular flexibility index (Phi) is 3.48. The van der Waals surface area contributed by atoms with Gasteiger partial charge >= 0.3 is 0 Å². The van der Waals surface area contributed by atoms with Crippen molar-refractivity contribution in [2.75, 3.05) is 0 Å². The smallest absolute Gasteiger partial charge is 0.115 e. The maximum atomic E-state index is 9.63. The van der Waals surface area contributed by atoms with Gasteiger partial charge in [0.25, 0.3) is 0 Å². The van der Waals surface area contributed by atoms with Crippen LogP contribution in [0.5, 0.6) is 5.75 Å². The molecule has 0 saturated carbocycles. The molecule has 2 N–H and O–H groups in total. The van der Waals surface area contributed by atoms with Crippen LogP contribution in [0, 0.1) is 0 Å². The molecule has 1 aromatic heterocycles. The molecule has 21 heavy (non-hydrogen) atoms. The second-order valence-corrected chi connectivity index (χ2v) is 7.44. The molecule has 2 nitrogen and oxygen atoms in total. The molecule has 1 aromatic carbocycles. The molecule has 1 unspecified atom stereocenters. The van der Waals surface area contributed by atoms with Crippen LogP contribution in [0.3, 0.4) is 0 Å². The summed E-state index contributed by atoms with van der Waals surface area (Å²) in [7, 11) is 0. The summed E-state index contributed by atoms with van der Waals surface area (Å²) in [6.07, 6.45) is 7.39. The third-order valence-electron chi connectivity index (χ3n) is 4.76. The summed E-state index contributed by atoms with van der Waals surface area (Å²) in [6, 6.07) is 8.68. The lowest BCUT2D eigenvalue weighted by Crippen LogP contribution is -2.24. The maximum absolute atomic E-state index is 9.63. The predicted octanol–water partition coefficient (Wildman–Crippen LogP) is 4.11. The number of thiophene rings is 1. The molecule has 2 aromatic rings. The summed E-state index contributed by atoms with van der Waals surface area (Å²) < 4.78 is 0. The Balaban J connectivity index is 1.48. The molecule has 110 valence electrons. The van der Waals surface area contributed by atoms with Crippen molar-refractivity contribution < 1.29 is 5.11 Å². The Morgan fingerprint density at radius 1 is 1.10 bits per heavy atom. The molecule has 0 aliphatic heterocycles. The maximum Gasteiger partial charge on any atom is 0.115 e. The average molecular weight is 299 g/mol. The van der Waals surface area contributed by atoms with Gasteiger partial charge in [-0.15, -0.1) is 11.3 Å². The molecule has 2 aliphatic carbocycles. The molecule has 2 aliphatic rings. The summed E-state index contributed by atoms with van der Waals surface area (Å²) in [6.45, 7) is 0.975. The molecule has 3 heteroatoms. The summed E-state index contributed by atoms with van der Waals surface area (Å²) in [5, 5.41) is 13.4. The lowest BCUT2D eigenvalue weighted by Gasteiger charge is -2.26. The molecule has 0 spiro atoms. The highest BCUT2D eigenvalue weighted by atomic mass is 32.1. The predicted molar refractivity (Wildman–Crippen MR) is 87.0 cm³/mol. The summed E-state index contributed by atoms with van der Waals surface area (Å²) >= 11 is 1.99. The van der Waals surface area contributed by atoms with Gasteiger partial charge in [-0.2, -0.15) is 0 Å². The van der Waals surface area contributed by atoms with Crippen molar-refractivity contribution in [2.24, 2.45) is 0 Å².